The van der Waals surface area contributed by atoms with Crippen molar-refractivity contribution in [3.63, 3.8) is 0 Å². The molecule has 0 spiro atoms. The summed E-state index contributed by atoms with van der Waals surface area (Å²) in [5.74, 6) is 0.792. The molecule has 0 N–H and O–H groups in total. The summed E-state index contributed by atoms with van der Waals surface area (Å²) in [7, 11) is 0. The minimum absolute atomic E-state index is 0.328. The predicted octanol–water partition coefficient (Wildman–Crippen LogP) is 3.96. The molecular weight excluding hydrogens is 276 g/mol. The fourth-order valence-electron chi connectivity index (χ4n) is 1.85. The Labute approximate surface area is 123 Å². The summed E-state index contributed by atoms with van der Waals surface area (Å²) in [6.45, 7) is 5.98. The van der Waals surface area contributed by atoms with E-state index in [-0.39, 0.29) is 5.97 Å². The minimum atomic E-state index is -0.328. The third kappa shape index (κ3) is 4.32. The highest BCUT2D eigenvalue weighted by Crippen LogP contribution is 2.50. The van der Waals surface area contributed by atoms with Gasteiger partial charge in [-0.3, -0.25) is 0 Å². The zero-order chi connectivity index (χ0) is 13.7. The number of carbonyl (C=O) groups excluding carboxylic acids is 1. The van der Waals surface area contributed by atoms with Gasteiger partial charge in [0.1, 0.15) is 0 Å². The van der Waals surface area contributed by atoms with Crippen molar-refractivity contribution in [1.29, 1.82) is 0 Å². The van der Waals surface area contributed by atoms with Gasteiger partial charge in [0.05, 0.1) is 11.2 Å². The summed E-state index contributed by atoms with van der Waals surface area (Å²) >= 11 is 3.95. The average Bonchev–Trinajstić information content (AvgIpc) is 2.88. The number of hydrogen-bond donors (Lipinski definition) is 0. The summed E-state index contributed by atoms with van der Waals surface area (Å²) in [4.78, 5) is 11.0. The molecule has 1 aromatic carbocycles. The molecule has 2 nitrogen and oxygen atoms in total. The molecule has 0 saturated carbocycles. The summed E-state index contributed by atoms with van der Waals surface area (Å²) in [6.07, 6.45) is 2.13. The molecule has 1 aliphatic heterocycles. The zero-order valence-corrected chi connectivity index (χ0v) is 12.6. The Morgan fingerprint density at radius 1 is 1.47 bits per heavy atom. The Balaban J connectivity index is 1.78. The van der Waals surface area contributed by atoms with Crippen LogP contribution in [0.5, 0.6) is 0 Å². The lowest BCUT2D eigenvalue weighted by atomic mass is 10.2. The lowest BCUT2D eigenvalue weighted by Gasteiger charge is -2.11. The van der Waals surface area contributed by atoms with E-state index in [9.17, 15) is 4.79 Å². The predicted molar refractivity (Wildman–Crippen MR) is 83.5 cm³/mol. The molecule has 0 radical (unpaired) electrons. The van der Waals surface area contributed by atoms with Crippen molar-refractivity contribution < 1.29 is 9.53 Å². The van der Waals surface area contributed by atoms with Crippen molar-refractivity contribution in [2.75, 3.05) is 12.4 Å². The van der Waals surface area contributed by atoms with Crippen molar-refractivity contribution in [2.24, 2.45) is 0 Å². The van der Waals surface area contributed by atoms with E-state index in [0.29, 0.717) is 16.4 Å². The molecule has 1 saturated heterocycles. The van der Waals surface area contributed by atoms with Crippen LogP contribution in [0.4, 0.5) is 0 Å². The normalized spacial score (nSPS) is 22.2. The first kappa shape index (κ1) is 14.5. The van der Waals surface area contributed by atoms with Crippen LogP contribution in [-0.2, 0) is 9.53 Å². The highest BCUT2D eigenvalue weighted by Gasteiger charge is 2.27. The van der Waals surface area contributed by atoms with Gasteiger partial charge in [0, 0.05) is 17.1 Å². The highest BCUT2D eigenvalue weighted by atomic mass is 32.2. The summed E-state index contributed by atoms with van der Waals surface area (Å²) < 4.78 is 5.54. The van der Waals surface area contributed by atoms with Crippen LogP contribution in [0.3, 0.4) is 0 Å². The maximum absolute atomic E-state index is 11.0. The second-order valence-corrected chi connectivity index (χ2v) is 7.34. The summed E-state index contributed by atoms with van der Waals surface area (Å²) in [6, 6.07) is 8.74. The molecule has 1 fully saturated rings. The molecule has 0 bridgehead atoms. The zero-order valence-electron chi connectivity index (χ0n) is 11.0. The second kappa shape index (κ2) is 7.06. The van der Waals surface area contributed by atoms with Gasteiger partial charge in [0.15, 0.2) is 0 Å². The van der Waals surface area contributed by atoms with E-state index >= 15 is 0 Å². The summed E-state index contributed by atoms with van der Waals surface area (Å²) in [5, 5.41) is 0.564. The minimum Gasteiger partial charge on any atom is -0.463 e. The number of rotatable bonds is 5. The Morgan fingerprint density at radius 3 is 2.89 bits per heavy atom. The first-order valence-corrected chi connectivity index (χ1v) is 8.31. The van der Waals surface area contributed by atoms with E-state index in [1.165, 1.54) is 17.2 Å². The maximum Gasteiger partial charge on any atom is 0.330 e. The Kier molecular flexibility index (Phi) is 5.40. The molecule has 4 heteroatoms. The van der Waals surface area contributed by atoms with Crippen molar-refractivity contribution in [2.45, 2.75) is 23.2 Å². The molecule has 19 heavy (non-hydrogen) atoms. The van der Waals surface area contributed by atoms with Crippen molar-refractivity contribution in [1.82, 2.24) is 0 Å². The molecule has 1 aliphatic rings. The molecule has 0 aliphatic carbocycles. The Morgan fingerprint density at radius 2 is 2.21 bits per heavy atom. The van der Waals surface area contributed by atoms with Crippen molar-refractivity contribution >= 4 is 29.5 Å². The standard InChI is InChI=1S/C15H18O2S2/c1-3-14(16)17-9-8-13-10-18-15(19-13)12-6-4-11(2)5-7-12/h3-7,13,15H,1,8-10H2,2H3. The molecule has 1 heterocycles. The van der Waals surface area contributed by atoms with Crippen LogP contribution in [-0.4, -0.2) is 23.6 Å². The third-order valence-corrected chi connectivity index (χ3v) is 6.38. The first-order valence-electron chi connectivity index (χ1n) is 6.32. The van der Waals surface area contributed by atoms with Gasteiger partial charge in [-0.25, -0.2) is 4.79 Å². The lowest BCUT2D eigenvalue weighted by molar-refractivity contribution is -0.137. The molecule has 1 aromatic rings. The quantitative estimate of drug-likeness (QED) is 0.606. The van der Waals surface area contributed by atoms with E-state index in [1.54, 1.807) is 0 Å². The molecule has 102 valence electrons. The van der Waals surface area contributed by atoms with Crippen LogP contribution in [0.15, 0.2) is 36.9 Å². The molecule has 2 rings (SSSR count). The molecule has 2 unspecified atom stereocenters. The van der Waals surface area contributed by atoms with E-state index in [2.05, 4.69) is 37.8 Å². The van der Waals surface area contributed by atoms with Gasteiger partial charge in [0.25, 0.3) is 0 Å². The summed E-state index contributed by atoms with van der Waals surface area (Å²) in [5.41, 5.74) is 2.68. The van der Waals surface area contributed by atoms with Crippen LogP contribution in [0, 0.1) is 6.92 Å². The largest absolute Gasteiger partial charge is 0.463 e. The lowest BCUT2D eigenvalue weighted by Crippen LogP contribution is -2.09. The fraction of sp³-hybridized carbons (Fsp3) is 0.400. The SMILES string of the molecule is C=CC(=O)OCCC1CSC(c2ccc(C)cc2)S1. The second-order valence-electron chi connectivity index (χ2n) is 4.49. The van der Waals surface area contributed by atoms with E-state index in [4.69, 9.17) is 4.74 Å². The number of benzene rings is 1. The first-order chi connectivity index (χ1) is 9.19. The van der Waals surface area contributed by atoms with Gasteiger partial charge in [0.2, 0.25) is 0 Å². The van der Waals surface area contributed by atoms with E-state index < -0.39 is 0 Å². The Bertz CT molecular complexity index is 442. The Hall–Kier alpha value is -0.870. The topological polar surface area (TPSA) is 26.3 Å². The van der Waals surface area contributed by atoms with Crippen LogP contribution in [0.1, 0.15) is 22.1 Å². The highest BCUT2D eigenvalue weighted by molar-refractivity contribution is 8.19. The number of thioether (sulfide) groups is 2. The molecule has 2 atom stereocenters. The van der Waals surface area contributed by atoms with Gasteiger partial charge < -0.3 is 4.74 Å². The smallest absolute Gasteiger partial charge is 0.330 e. The molecular formula is C15H18O2S2. The van der Waals surface area contributed by atoms with Gasteiger partial charge in [-0.15, -0.1) is 23.5 Å². The average molecular weight is 294 g/mol. The molecule has 0 amide bonds. The van der Waals surface area contributed by atoms with E-state index in [0.717, 1.165) is 12.2 Å². The van der Waals surface area contributed by atoms with Crippen molar-refractivity contribution in [3.8, 4) is 0 Å². The van der Waals surface area contributed by atoms with Gasteiger partial charge in [-0.05, 0) is 18.9 Å². The number of aryl methyl sites for hydroxylation is 1. The number of esters is 1. The van der Waals surface area contributed by atoms with Crippen LogP contribution < -0.4 is 0 Å². The number of ether oxygens (including phenoxy) is 1. The van der Waals surface area contributed by atoms with Crippen molar-refractivity contribution in [3.05, 3.63) is 48.0 Å². The third-order valence-electron chi connectivity index (χ3n) is 2.95. The van der Waals surface area contributed by atoms with E-state index in [1.807, 2.05) is 23.5 Å². The van der Waals surface area contributed by atoms with Gasteiger partial charge >= 0.3 is 5.97 Å². The van der Waals surface area contributed by atoms with Gasteiger partial charge in [-0.1, -0.05) is 36.4 Å². The number of hydrogen-bond acceptors (Lipinski definition) is 4. The number of carbonyl (C=O) groups is 1. The van der Waals surface area contributed by atoms with Gasteiger partial charge in [-0.2, -0.15) is 0 Å². The van der Waals surface area contributed by atoms with Crippen LogP contribution in [0.25, 0.3) is 0 Å². The van der Waals surface area contributed by atoms with Crippen LogP contribution >= 0.6 is 23.5 Å². The maximum atomic E-state index is 11.0. The molecule has 0 aromatic heterocycles. The fourth-order valence-corrected chi connectivity index (χ4v) is 5.22. The van der Waals surface area contributed by atoms with Crippen LogP contribution in [0.2, 0.25) is 0 Å². The monoisotopic (exact) mass is 294 g/mol.